The molecular weight excluding hydrogens is 168 g/mol. The van der Waals surface area contributed by atoms with Crippen LogP contribution in [-0.4, -0.2) is 45.2 Å². The molecule has 0 aliphatic carbocycles. The molecule has 0 amide bonds. The summed E-state index contributed by atoms with van der Waals surface area (Å²) in [5.74, 6) is 0. The first kappa shape index (κ1) is 9.28. The van der Waals surface area contributed by atoms with Gasteiger partial charge in [-0.05, 0) is 6.92 Å². The molecule has 5 atom stereocenters. The topological polar surface area (TPSA) is 69.9 Å². The summed E-state index contributed by atoms with van der Waals surface area (Å²) in [6, 6.07) is 0. The van der Waals surface area contributed by atoms with E-state index >= 15 is 0 Å². The van der Waals surface area contributed by atoms with Gasteiger partial charge in [0.05, 0.1) is 17.5 Å². The zero-order valence-corrected chi connectivity index (χ0v) is 6.98. The number of hydrogen-bond acceptors (Lipinski definition) is 5. The smallest absolute Gasteiger partial charge is 0.169 e. The van der Waals surface area contributed by atoms with Crippen LogP contribution in [0.2, 0.25) is 0 Å². The summed E-state index contributed by atoms with van der Waals surface area (Å²) < 4.78 is 4.83. The van der Waals surface area contributed by atoms with Crippen LogP contribution in [0.15, 0.2) is 0 Å². The van der Waals surface area contributed by atoms with Crippen molar-refractivity contribution in [3.63, 3.8) is 0 Å². The number of thiol groups is 1. The maximum absolute atomic E-state index is 9.28. The second-order valence-electron chi connectivity index (χ2n) is 2.71. The van der Waals surface area contributed by atoms with Gasteiger partial charge >= 0.3 is 0 Å². The lowest BCUT2D eigenvalue weighted by molar-refractivity contribution is -0.125. The highest BCUT2D eigenvalue weighted by Crippen LogP contribution is 2.25. The first-order valence-corrected chi connectivity index (χ1v) is 3.93. The fourth-order valence-corrected chi connectivity index (χ4v) is 1.32. The van der Waals surface area contributed by atoms with E-state index in [2.05, 4.69) is 12.6 Å². The van der Waals surface area contributed by atoms with Gasteiger partial charge in [-0.2, -0.15) is 12.6 Å². The normalized spacial score (nSPS) is 47.7. The zero-order valence-electron chi connectivity index (χ0n) is 6.08. The number of aliphatic hydroxyl groups is 3. The van der Waals surface area contributed by atoms with E-state index in [1.54, 1.807) is 0 Å². The molecule has 0 aromatic carbocycles. The molecule has 0 aromatic heterocycles. The number of rotatable bonds is 1. The average Bonchev–Trinajstić information content (AvgIpc) is 2.17. The maximum Gasteiger partial charge on any atom is 0.169 e. The molecule has 5 heteroatoms. The van der Waals surface area contributed by atoms with E-state index in [0.717, 1.165) is 0 Å². The number of ether oxygens (including phenoxy) is 1. The summed E-state index contributed by atoms with van der Waals surface area (Å²) in [7, 11) is 0. The van der Waals surface area contributed by atoms with Crippen LogP contribution in [0.4, 0.5) is 0 Å². The lowest BCUT2D eigenvalue weighted by Crippen LogP contribution is -2.35. The van der Waals surface area contributed by atoms with Gasteiger partial charge in [-0.3, -0.25) is 0 Å². The fraction of sp³-hybridized carbons (Fsp3) is 1.00. The van der Waals surface area contributed by atoms with Gasteiger partial charge in [-0.25, -0.2) is 0 Å². The molecule has 0 radical (unpaired) electrons. The maximum atomic E-state index is 9.28. The van der Waals surface area contributed by atoms with E-state index in [9.17, 15) is 5.11 Å². The first-order valence-electron chi connectivity index (χ1n) is 3.41. The molecular formula is C6H12O4S. The Balaban J connectivity index is 2.59. The van der Waals surface area contributed by atoms with Crippen molar-refractivity contribution in [2.24, 2.45) is 0 Å². The molecule has 0 aromatic rings. The Bertz CT molecular complexity index is 141. The molecule has 1 fully saturated rings. The van der Waals surface area contributed by atoms with Gasteiger partial charge in [-0.15, -0.1) is 0 Å². The van der Waals surface area contributed by atoms with Crippen molar-refractivity contribution in [3.05, 3.63) is 0 Å². The fourth-order valence-electron chi connectivity index (χ4n) is 1.08. The predicted molar refractivity (Wildman–Crippen MR) is 41.3 cm³/mol. The summed E-state index contributed by atoms with van der Waals surface area (Å²) in [5.41, 5.74) is 0. The van der Waals surface area contributed by atoms with Gasteiger partial charge < -0.3 is 20.1 Å². The SMILES string of the molecule is CC(O)[C@H]1OC(O)[C@H](S)[C@@H]1O. The predicted octanol–water partition coefficient (Wildman–Crippen LogP) is -1.26. The van der Waals surface area contributed by atoms with Gasteiger partial charge in [0.2, 0.25) is 0 Å². The van der Waals surface area contributed by atoms with Gasteiger partial charge in [0.25, 0.3) is 0 Å². The Morgan fingerprint density at radius 3 is 2.18 bits per heavy atom. The van der Waals surface area contributed by atoms with Crippen molar-refractivity contribution < 1.29 is 20.1 Å². The van der Waals surface area contributed by atoms with E-state index < -0.39 is 29.9 Å². The van der Waals surface area contributed by atoms with Crippen molar-refractivity contribution in [2.45, 2.75) is 36.8 Å². The van der Waals surface area contributed by atoms with Crippen LogP contribution in [0.1, 0.15) is 6.92 Å². The van der Waals surface area contributed by atoms with Crippen LogP contribution >= 0.6 is 12.6 Å². The van der Waals surface area contributed by atoms with Gasteiger partial charge in [0.15, 0.2) is 6.29 Å². The van der Waals surface area contributed by atoms with E-state index in [4.69, 9.17) is 14.9 Å². The van der Waals surface area contributed by atoms with E-state index in [1.165, 1.54) is 6.92 Å². The zero-order chi connectivity index (χ0) is 8.59. The Hall–Kier alpha value is 0.190. The Labute approximate surface area is 70.2 Å². The highest BCUT2D eigenvalue weighted by molar-refractivity contribution is 7.81. The Kier molecular flexibility index (Phi) is 2.77. The Morgan fingerprint density at radius 2 is 2.00 bits per heavy atom. The summed E-state index contributed by atoms with van der Waals surface area (Å²) in [6.07, 6.45) is -3.52. The van der Waals surface area contributed by atoms with Gasteiger partial charge in [-0.1, -0.05) is 0 Å². The third-order valence-corrected chi connectivity index (χ3v) is 2.31. The molecule has 0 saturated carbocycles. The van der Waals surface area contributed by atoms with Crippen molar-refractivity contribution in [3.8, 4) is 0 Å². The molecule has 0 spiro atoms. The number of hydrogen-bond donors (Lipinski definition) is 4. The highest BCUT2D eigenvalue weighted by atomic mass is 32.1. The molecule has 2 unspecified atom stereocenters. The largest absolute Gasteiger partial charge is 0.391 e. The molecule has 3 N–H and O–H groups in total. The summed E-state index contributed by atoms with van der Waals surface area (Å²) in [6.45, 7) is 1.49. The molecule has 1 aliphatic rings. The summed E-state index contributed by atoms with van der Waals surface area (Å²) in [4.78, 5) is 0. The van der Waals surface area contributed by atoms with Crippen LogP contribution in [0.25, 0.3) is 0 Å². The average molecular weight is 180 g/mol. The Morgan fingerprint density at radius 1 is 1.45 bits per heavy atom. The molecule has 66 valence electrons. The third kappa shape index (κ3) is 1.68. The van der Waals surface area contributed by atoms with E-state index in [-0.39, 0.29) is 0 Å². The first-order chi connectivity index (χ1) is 5.04. The molecule has 4 nitrogen and oxygen atoms in total. The van der Waals surface area contributed by atoms with Crippen LogP contribution < -0.4 is 0 Å². The summed E-state index contributed by atoms with van der Waals surface area (Å²) >= 11 is 3.90. The van der Waals surface area contributed by atoms with Crippen LogP contribution in [-0.2, 0) is 4.74 Å². The summed E-state index contributed by atoms with van der Waals surface area (Å²) in [5, 5.41) is 26.7. The second-order valence-corrected chi connectivity index (χ2v) is 3.31. The lowest BCUT2D eigenvalue weighted by atomic mass is 10.1. The molecule has 1 aliphatic heterocycles. The van der Waals surface area contributed by atoms with E-state index in [0.29, 0.717) is 0 Å². The minimum atomic E-state index is -1.09. The lowest BCUT2D eigenvalue weighted by Gasteiger charge is -2.16. The van der Waals surface area contributed by atoms with Crippen LogP contribution in [0, 0.1) is 0 Å². The van der Waals surface area contributed by atoms with Crippen LogP contribution in [0.5, 0.6) is 0 Å². The van der Waals surface area contributed by atoms with Crippen molar-refractivity contribution in [2.75, 3.05) is 0 Å². The standard InChI is InChI=1S/C6H12O4S/c1-2(7)4-3(8)5(11)6(9)10-4/h2-9,11H,1H3/t2?,3-,4-,5-,6?/m1/s1. The molecule has 1 saturated heterocycles. The third-order valence-electron chi connectivity index (χ3n) is 1.75. The van der Waals surface area contributed by atoms with Crippen LogP contribution in [0.3, 0.4) is 0 Å². The molecule has 0 bridgehead atoms. The minimum absolute atomic E-state index is 0.630. The molecule has 1 rings (SSSR count). The molecule has 1 heterocycles. The number of aliphatic hydroxyl groups excluding tert-OH is 3. The van der Waals surface area contributed by atoms with E-state index in [1.807, 2.05) is 0 Å². The van der Waals surface area contributed by atoms with Gasteiger partial charge in [0.1, 0.15) is 6.10 Å². The minimum Gasteiger partial charge on any atom is -0.391 e. The van der Waals surface area contributed by atoms with Crippen molar-refractivity contribution in [1.82, 2.24) is 0 Å². The molecule has 11 heavy (non-hydrogen) atoms. The second kappa shape index (κ2) is 3.28. The van der Waals surface area contributed by atoms with Crippen molar-refractivity contribution >= 4 is 12.6 Å². The van der Waals surface area contributed by atoms with Crippen molar-refractivity contribution in [1.29, 1.82) is 0 Å². The van der Waals surface area contributed by atoms with Gasteiger partial charge in [0, 0.05) is 0 Å². The monoisotopic (exact) mass is 180 g/mol. The quantitative estimate of drug-likeness (QED) is 0.380. The highest BCUT2D eigenvalue weighted by Gasteiger charge is 2.42.